The van der Waals surface area contributed by atoms with Crippen LogP contribution >= 0.6 is 23.1 Å². The van der Waals surface area contributed by atoms with Crippen molar-refractivity contribution in [3.63, 3.8) is 0 Å². The molecule has 2 aromatic heterocycles. The van der Waals surface area contributed by atoms with Crippen LogP contribution in [-0.4, -0.2) is 41.3 Å². The second kappa shape index (κ2) is 8.15. The summed E-state index contributed by atoms with van der Waals surface area (Å²) in [5.74, 6) is -0.842. The van der Waals surface area contributed by atoms with Gasteiger partial charge in [0.1, 0.15) is 11.4 Å². The Hall–Kier alpha value is -2.65. The number of esters is 1. The number of hydrogen-bond donors (Lipinski definition) is 2. The standard InChI is InChI=1S/C17H15N3O4S2/c1-24-13(22)7-18-12(21)9-26-17-19-15(23)14-11(8-25-16(14)20-17)10-5-3-2-4-6-10/h2-6,8H,7,9H2,1H3,(H,18,21)(H,19,20,23). The number of amides is 1. The fourth-order valence-corrected chi connectivity index (χ4v) is 3.95. The van der Waals surface area contributed by atoms with E-state index < -0.39 is 5.97 Å². The van der Waals surface area contributed by atoms with Gasteiger partial charge >= 0.3 is 5.97 Å². The Morgan fingerprint density at radius 2 is 2.08 bits per heavy atom. The van der Waals surface area contributed by atoms with Gasteiger partial charge in [-0.15, -0.1) is 11.3 Å². The van der Waals surface area contributed by atoms with Crippen molar-refractivity contribution in [3.05, 3.63) is 46.1 Å². The number of carbonyl (C=O) groups is 2. The molecule has 0 fully saturated rings. The largest absolute Gasteiger partial charge is 0.468 e. The Morgan fingerprint density at radius 3 is 2.81 bits per heavy atom. The van der Waals surface area contributed by atoms with E-state index in [1.165, 1.54) is 18.4 Å². The van der Waals surface area contributed by atoms with Gasteiger partial charge in [0.25, 0.3) is 5.56 Å². The van der Waals surface area contributed by atoms with Crippen LogP contribution in [-0.2, 0) is 14.3 Å². The summed E-state index contributed by atoms with van der Waals surface area (Å²) in [6, 6.07) is 9.63. The number of thioether (sulfide) groups is 1. The lowest BCUT2D eigenvalue weighted by atomic mass is 10.1. The number of carbonyl (C=O) groups excluding carboxylic acids is 2. The number of nitrogens with one attached hydrogen (secondary N) is 2. The second-order valence-corrected chi connectivity index (χ2v) is 7.03. The molecule has 1 aromatic carbocycles. The highest BCUT2D eigenvalue weighted by molar-refractivity contribution is 7.99. The van der Waals surface area contributed by atoms with Crippen molar-refractivity contribution < 1.29 is 14.3 Å². The lowest BCUT2D eigenvalue weighted by Crippen LogP contribution is -2.31. The SMILES string of the molecule is COC(=O)CNC(=O)CSc1nc2scc(-c3ccccc3)c2c(=O)[nH]1. The summed E-state index contributed by atoms with van der Waals surface area (Å²) in [5, 5.41) is 5.23. The average Bonchev–Trinajstić information content (AvgIpc) is 3.09. The third-order valence-electron chi connectivity index (χ3n) is 3.50. The van der Waals surface area contributed by atoms with Gasteiger partial charge in [-0.1, -0.05) is 42.1 Å². The number of thiophene rings is 1. The molecule has 2 N–H and O–H groups in total. The molecule has 1 amide bonds. The van der Waals surface area contributed by atoms with Crippen molar-refractivity contribution in [2.75, 3.05) is 19.4 Å². The van der Waals surface area contributed by atoms with Crippen molar-refractivity contribution in [2.45, 2.75) is 5.16 Å². The van der Waals surface area contributed by atoms with Crippen LogP contribution in [0.25, 0.3) is 21.3 Å². The second-order valence-electron chi connectivity index (χ2n) is 5.21. The smallest absolute Gasteiger partial charge is 0.325 e. The summed E-state index contributed by atoms with van der Waals surface area (Å²) in [5.41, 5.74) is 1.55. The number of fused-ring (bicyclic) bond motifs is 1. The molecule has 2 heterocycles. The molecular weight excluding hydrogens is 374 g/mol. The quantitative estimate of drug-likeness (QED) is 0.380. The number of methoxy groups -OCH3 is 1. The fourth-order valence-electron chi connectivity index (χ4n) is 2.26. The zero-order valence-corrected chi connectivity index (χ0v) is 15.4. The average molecular weight is 389 g/mol. The zero-order valence-electron chi connectivity index (χ0n) is 13.8. The molecule has 0 saturated carbocycles. The van der Waals surface area contributed by atoms with E-state index in [1.54, 1.807) is 0 Å². The van der Waals surface area contributed by atoms with Gasteiger partial charge in [-0.2, -0.15) is 0 Å². The molecular formula is C17H15N3O4S2. The molecule has 0 aliphatic heterocycles. The minimum absolute atomic E-state index is 0.0301. The first kappa shape index (κ1) is 18.2. The number of benzene rings is 1. The van der Waals surface area contributed by atoms with Gasteiger partial charge in [-0.3, -0.25) is 14.4 Å². The van der Waals surface area contributed by atoms with E-state index in [0.717, 1.165) is 22.9 Å². The molecule has 0 aliphatic rings. The summed E-state index contributed by atoms with van der Waals surface area (Å²) >= 11 is 2.48. The van der Waals surface area contributed by atoms with Gasteiger partial charge in [-0.25, -0.2) is 4.98 Å². The number of nitrogens with zero attached hydrogens (tertiary/aromatic N) is 1. The Labute approximate surface area is 156 Å². The minimum Gasteiger partial charge on any atom is -0.468 e. The highest BCUT2D eigenvalue weighted by atomic mass is 32.2. The Kier molecular flexibility index (Phi) is 5.69. The molecule has 0 spiro atoms. The lowest BCUT2D eigenvalue weighted by molar-refractivity contribution is -0.140. The van der Waals surface area contributed by atoms with Crippen LogP contribution < -0.4 is 10.9 Å². The van der Waals surface area contributed by atoms with Gasteiger partial charge in [0.15, 0.2) is 5.16 Å². The topological polar surface area (TPSA) is 101 Å². The first-order valence-electron chi connectivity index (χ1n) is 7.61. The molecule has 0 unspecified atom stereocenters. The third-order valence-corrected chi connectivity index (χ3v) is 5.25. The summed E-state index contributed by atoms with van der Waals surface area (Å²) in [4.78, 5) is 43.0. The number of ether oxygens (including phenoxy) is 1. The number of aromatic amines is 1. The minimum atomic E-state index is -0.525. The molecule has 26 heavy (non-hydrogen) atoms. The van der Waals surface area contributed by atoms with Crippen molar-refractivity contribution in [1.29, 1.82) is 0 Å². The maximum Gasteiger partial charge on any atom is 0.325 e. The van der Waals surface area contributed by atoms with Crippen LogP contribution in [0.2, 0.25) is 0 Å². The molecule has 0 bridgehead atoms. The predicted octanol–water partition coefficient (Wildman–Crippen LogP) is 2.03. The van der Waals surface area contributed by atoms with Crippen molar-refractivity contribution in [2.24, 2.45) is 0 Å². The summed E-state index contributed by atoms with van der Waals surface area (Å²) < 4.78 is 4.45. The molecule has 3 rings (SSSR count). The van der Waals surface area contributed by atoms with Crippen molar-refractivity contribution in [3.8, 4) is 11.1 Å². The van der Waals surface area contributed by atoms with Crippen LogP contribution in [0.4, 0.5) is 0 Å². The van der Waals surface area contributed by atoms with Gasteiger partial charge in [0, 0.05) is 10.9 Å². The highest BCUT2D eigenvalue weighted by Crippen LogP contribution is 2.31. The van der Waals surface area contributed by atoms with E-state index >= 15 is 0 Å². The number of aromatic nitrogens is 2. The van der Waals surface area contributed by atoms with Crippen molar-refractivity contribution in [1.82, 2.24) is 15.3 Å². The first-order chi connectivity index (χ1) is 12.6. The Balaban J connectivity index is 1.75. The summed E-state index contributed by atoms with van der Waals surface area (Å²) in [6.07, 6.45) is 0. The van der Waals surface area contributed by atoms with Crippen LogP contribution in [0, 0.1) is 0 Å². The van der Waals surface area contributed by atoms with Gasteiger partial charge < -0.3 is 15.0 Å². The van der Waals surface area contributed by atoms with E-state index in [-0.39, 0.29) is 23.8 Å². The number of rotatable bonds is 6. The lowest BCUT2D eigenvalue weighted by Gasteiger charge is -2.04. The molecule has 0 saturated heterocycles. The summed E-state index contributed by atoms with van der Waals surface area (Å²) in [7, 11) is 1.25. The fraction of sp³-hybridized carbons (Fsp3) is 0.176. The van der Waals surface area contributed by atoms with E-state index in [9.17, 15) is 14.4 Å². The highest BCUT2D eigenvalue weighted by Gasteiger charge is 2.14. The van der Waals surface area contributed by atoms with E-state index in [4.69, 9.17) is 0 Å². The normalized spacial score (nSPS) is 10.7. The summed E-state index contributed by atoms with van der Waals surface area (Å²) in [6.45, 7) is -0.190. The molecule has 3 aromatic rings. The maximum absolute atomic E-state index is 12.5. The molecule has 0 atom stereocenters. The molecule has 0 aliphatic carbocycles. The van der Waals surface area contributed by atoms with Crippen molar-refractivity contribution >= 4 is 45.2 Å². The predicted molar refractivity (Wildman–Crippen MR) is 101 cm³/mol. The van der Waals surface area contributed by atoms with Crippen LogP contribution in [0.1, 0.15) is 0 Å². The molecule has 9 heteroatoms. The van der Waals surface area contributed by atoms with E-state index in [1.807, 2.05) is 35.7 Å². The van der Waals surface area contributed by atoms with Gasteiger partial charge in [0.05, 0.1) is 18.2 Å². The monoisotopic (exact) mass is 389 g/mol. The maximum atomic E-state index is 12.5. The molecule has 7 nitrogen and oxygen atoms in total. The Morgan fingerprint density at radius 1 is 1.31 bits per heavy atom. The van der Waals surface area contributed by atoms with Gasteiger partial charge in [0.2, 0.25) is 5.91 Å². The molecule has 0 radical (unpaired) electrons. The van der Waals surface area contributed by atoms with Crippen LogP contribution in [0.3, 0.4) is 0 Å². The van der Waals surface area contributed by atoms with Crippen LogP contribution in [0.5, 0.6) is 0 Å². The first-order valence-corrected chi connectivity index (χ1v) is 9.48. The third kappa shape index (κ3) is 4.12. The number of hydrogen-bond acceptors (Lipinski definition) is 7. The zero-order chi connectivity index (χ0) is 18.5. The number of H-pyrrole nitrogens is 1. The molecule has 134 valence electrons. The van der Waals surface area contributed by atoms with Crippen LogP contribution in [0.15, 0.2) is 45.7 Å². The van der Waals surface area contributed by atoms with E-state index in [2.05, 4.69) is 20.0 Å². The van der Waals surface area contributed by atoms with Gasteiger partial charge in [-0.05, 0) is 5.56 Å². The Bertz CT molecular complexity index is 998. The van der Waals surface area contributed by atoms with E-state index in [0.29, 0.717) is 15.4 Å².